The Labute approximate surface area is 213 Å². The van der Waals surface area contributed by atoms with Crippen LogP contribution in [0.15, 0.2) is 36.4 Å². The minimum absolute atomic E-state index is 0.0111. The zero-order chi connectivity index (χ0) is 24.9. The summed E-state index contributed by atoms with van der Waals surface area (Å²) < 4.78 is 26.0. The number of likely N-dealkylation sites (N-methyl/N-ethyl adjacent to an activating group) is 1. The van der Waals surface area contributed by atoms with Crippen molar-refractivity contribution in [2.75, 3.05) is 24.2 Å². The summed E-state index contributed by atoms with van der Waals surface area (Å²) in [5, 5.41) is 3.39. The Morgan fingerprint density at radius 1 is 1.06 bits per heavy atom. The van der Waals surface area contributed by atoms with Crippen molar-refractivity contribution in [3.8, 4) is 0 Å². The largest absolute Gasteiger partial charge is 0.357 e. The van der Waals surface area contributed by atoms with E-state index in [1.165, 1.54) is 36.2 Å². The van der Waals surface area contributed by atoms with E-state index in [4.69, 9.17) is 46.4 Å². The molecule has 12 heteroatoms. The van der Waals surface area contributed by atoms with Crippen LogP contribution in [0.3, 0.4) is 0 Å². The molecule has 0 aliphatic carbocycles. The molecule has 0 unspecified atom stereocenters. The van der Waals surface area contributed by atoms with Crippen molar-refractivity contribution in [1.82, 2.24) is 10.2 Å². The van der Waals surface area contributed by atoms with Crippen LogP contribution in [0.5, 0.6) is 0 Å². The average Bonchev–Trinajstić information content (AvgIpc) is 2.74. The SMILES string of the molecule is CC[C@@H](C(=O)NC)N(Cc1ccc(Cl)cc1Cl)C(=O)CN(c1cccc(Cl)c1Cl)S(C)(=O)=O. The van der Waals surface area contributed by atoms with E-state index in [9.17, 15) is 18.0 Å². The van der Waals surface area contributed by atoms with Gasteiger partial charge in [-0.05, 0) is 36.2 Å². The standard InChI is InChI=1S/C21H23Cl4N3O4S/c1-4-17(21(30)26-2)27(11-13-8-9-14(22)10-16(13)24)19(29)12-28(33(3,31)32)18-7-5-6-15(23)20(18)25/h5-10,17H,4,11-12H2,1-3H3,(H,26,30)/t17-/m0/s1. The quantitative estimate of drug-likeness (QED) is 0.490. The van der Waals surface area contributed by atoms with Crippen LogP contribution in [-0.4, -0.2) is 51.0 Å². The van der Waals surface area contributed by atoms with Crippen LogP contribution >= 0.6 is 46.4 Å². The van der Waals surface area contributed by atoms with Gasteiger partial charge in [0, 0.05) is 23.6 Å². The van der Waals surface area contributed by atoms with Gasteiger partial charge in [-0.2, -0.15) is 0 Å². The normalized spacial score (nSPS) is 12.2. The third kappa shape index (κ3) is 6.90. The first kappa shape index (κ1) is 27.5. The number of carbonyl (C=O) groups excluding carboxylic acids is 2. The number of halogens is 4. The highest BCUT2D eigenvalue weighted by Gasteiger charge is 2.32. The first-order valence-electron chi connectivity index (χ1n) is 9.77. The minimum atomic E-state index is -3.93. The highest BCUT2D eigenvalue weighted by Crippen LogP contribution is 2.34. The van der Waals surface area contributed by atoms with Gasteiger partial charge in [0.25, 0.3) is 0 Å². The molecule has 0 saturated heterocycles. The Balaban J connectivity index is 2.51. The molecule has 2 aromatic rings. The lowest BCUT2D eigenvalue weighted by atomic mass is 10.1. The van der Waals surface area contributed by atoms with Gasteiger partial charge in [0.1, 0.15) is 12.6 Å². The average molecular weight is 555 g/mol. The lowest BCUT2D eigenvalue weighted by Crippen LogP contribution is -2.51. The van der Waals surface area contributed by atoms with Crippen molar-refractivity contribution in [3.63, 3.8) is 0 Å². The smallest absolute Gasteiger partial charge is 0.244 e. The molecule has 0 spiro atoms. The number of anilines is 1. The predicted molar refractivity (Wildman–Crippen MR) is 134 cm³/mol. The van der Waals surface area contributed by atoms with Crippen LogP contribution in [0.2, 0.25) is 20.1 Å². The minimum Gasteiger partial charge on any atom is -0.357 e. The van der Waals surface area contributed by atoms with E-state index in [2.05, 4.69) is 5.32 Å². The Kier molecular flexibility index (Phi) is 9.70. The Hall–Kier alpha value is -1.71. The summed E-state index contributed by atoms with van der Waals surface area (Å²) >= 11 is 24.5. The molecule has 0 fully saturated rings. The van der Waals surface area contributed by atoms with Crippen molar-refractivity contribution in [2.24, 2.45) is 0 Å². The van der Waals surface area contributed by atoms with Gasteiger partial charge in [-0.1, -0.05) is 65.5 Å². The van der Waals surface area contributed by atoms with E-state index < -0.39 is 34.4 Å². The monoisotopic (exact) mass is 553 g/mol. The van der Waals surface area contributed by atoms with Gasteiger partial charge in [-0.15, -0.1) is 0 Å². The number of benzene rings is 2. The molecule has 180 valence electrons. The zero-order valence-electron chi connectivity index (χ0n) is 18.1. The number of amides is 2. The van der Waals surface area contributed by atoms with E-state index in [1.54, 1.807) is 19.1 Å². The molecular formula is C21H23Cl4N3O4S. The van der Waals surface area contributed by atoms with E-state index in [0.29, 0.717) is 15.6 Å². The molecule has 0 aromatic heterocycles. The summed E-state index contributed by atoms with van der Waals surface area (Å²) in [6, 6.07) is 8.38. The number of hydrogen-bond donors (Lipinski definition) is 1. The first-order chi connectivity index (χ1) is 15.4. The zero-order valence-corrected chi connectivity index (χ0v) is 22.0. The summed E-state index contributed by atoms with van der Waals surface area (Å²) in [7, 11) is -2.48. The van der Waals surface area contributed by atoms with Gasteiger partial charge in [0.15, 0.2) is 0 Å². The van der Waals surface area contributed by atoms with Crippen molar-refractivity contribution in [3.05, 3.63) is 62.1 Å². The van der Waals surface area contributed by atoms with Crippen LogP contribution in [0, 0.1) is 0 Å². The van der Waals surface area contributed by atoms with Crippen LogP contribution in [0.25, 0.3) is 0 Å². The predicted octanol–water partition coefficient (Wildman–Crippen LogP) is 4.62. The molecule has 0 aliphatic heterocycles. The molecule has 0 heterocycles. The van der Waals surface area contributed by atoms with Gasteiger partial charge in [0.2, 0.25) is 21.8 Å². The molecule has 7 nitrogen and oxygen atoms in total. The second-order valence-corrected chi connectivity index (χ2v) is 10.7. The second-order valence-electron chi connectivity index (χ2n) is 7.14. The Bertz CT molecular complexity index is 1140. The maximum absolute atomic E-state index is 13.5. The third-order valence-corrected chi connectivity index (χ3v) is 7.39. The molecule has 2 aromatic carbocycles. The van der Waals surface area contributed by atoms with E-state index >= 15 is 0 Å². The highest BCUT2D eigenvalue weighted by atomic mass is 35.5. The lowest BCUT2D eigenvalue weighted by molar-refractivity contribution is -0.140. The molecule has 0 bridgehead atoms. The maximum Gasteiger partial charge on any atom is 0.244 e. The number of rotatable bonds is 9. The second kappa shape index (κ2) is 11.6. The fourth-order valence-electron chi connectivity index (χ4n) is 3.20. The van der Waals surface area contributed by atoms with Gasteiger partial charge in [0.05, 0.1) is 22.0 Å². The maximum atomic E-state index is 13.5. The number of hydrogen-bond acceptors (Lipinski definition) is 4. The molecule has 1 atom stereocenters. The van der Waals surface area contributed by atoms with Crippen molar-refractivity contribution in [2.45, 2.75) is 25.9 Å². The topological polar surface area (TPSA) is 86.8 Å². The van der Waals surface area contributed by atoms with E-state index in [0.717, 1.165) is 10.6 Å². The molecule has 33 heavy (non-hydrogen) atoms. The van der Waals surface area contributed by atoms with Gasteiger partial charge >= 0.3 is 0 Å². The molecule has 0 radical (unpaired) electrons. The van der Waals surface area contributed by atoms with Crippen molar-refractivity contribution >= 4 is 73.9 Å². The van der Waals surface area contributed by atoms with Gasteiger partial charge < -0.3 is 10.2 Å². The number of carbonyl (C=O) groups is 2. The fraction of sp³-hybridized carbons (Fsp3) is 0.333. The van der Waals surface area contributed by atoms with Crippen molar-refractivity contribution in [1.29, 1.82) is 0 Å². The molecule has 0 saturated carbocycles. The Morgan fingerprint density at radius 3 is 2.27 bits per heavy atom. The first-order valence-corrected chi connectivity index (χ1v) is 13.1. The highest BCUT2D eigenvalue weighted by molar-refractivity contribution is 7.92. The summed E-state index contributed by atoms with van der Waals surface area (Å²) in [6.07, 6.45) is 1.24. The molecular weight excluding hydrogens is 532 g/mol. The summed E-state index contributed by atoms with van der Waals surface area (Å²) in [5.74, 6) is -1.03. The van der Waals surface area contributed by atoms with E-state index in [1.807, 2.05) is 0 Å². The lowest BCUT2D eigenvalue weighted by Gasteiger charge is -2.33. The van der Waals surface area contributed by atoms with Crippen LogP contribution in [0.1, 0.15) is 18.9 Å². The number of nitrogens with zero attached hydrogens (tertiary/aromatic N) is 2. The molecule has 2 amide bonds. The Morgan fingerprint density at radius 2 is 1.73 bits per heavy atom. The van der Waals surface area contributed by atoms with Crippen LogP contribution in [-0.2, 0) is 26.2 Å². The van der Waals surface area contributed by atoms with Gasteiger partial charge in [-0.3, -0.25) is 13.9 Å². The van der Waals surface area contributed by atoms with Gasteiger partial charge in [-0.25, -0.2) is 8.42 Å². The van der Waals surface area contributed by atoms with Crippen LogP contribution in [0.4, 0.5) is 5.69 Å². The molecule has 0 aliphatic rings. The number of sulfonamides is 1. The summed E-state index contributed by atoms with van der Waals surface area (Å²) in [6.45, 7) is 1.10. The summed E-state index contributed by atoms with van der Waals surface area (Å²) in [5.41, 5.74) is 0.598. The molecule has 1 N–H and O–H groups in total. The third-order valence-electron chi connectivity index (χ3n) is 4.87. The van der Waals surface area contributed by atoms with Crippen LogP contribution < -0.4 is 9.62 Å². The molecule has 2 rings (SSSR count). The fourth-order valence-corrected chi connectivity index (χ4v) is 4.97. The number of nitrogens with one attached hydrogen (secondary N) is 1. The van der Waals surface area contributed by atoms with E-state index in [-0.39, 0.29) is 28.7 Å². The van der Waals surface area contributed by atoms with Crippen molar-refractivity contribution < 1.29 is 18.0 Å². The summed E-state index contributed by atoms with van der Waals surface area (Å²) in [4.78, 5) is 27.3.